The summed E-state index contributed by atoms with van der Waals surface area (Å²) in [5.41, 5.74) is 1.54. The van der Waals surface area contributed by atoms with Gasteiger partial charge in [0.05, 0.1) is 6.10 Å². The third-order valence-corrected chi connectivity index (χ3v) is 8.68. The van der Waals surface area contributed by atoms with Gasteiger partial charge in [0, 0.05) is 11.3 Å². The van der Waals surface area contributed by atoms with E-state index in [1.807, 2.05) is 0 Å². The molecule has 4 rings (SSSR count). The highest BCUT2D eigenvalue weighted by molar-refractivity contribution is 5.79. The highest BCUT2D eigenvalue weighted by Gasteiger charge is 2.62. The van der Waals surface area contributed by atoms with Crippen molar-refractivity contribution < 1.29 is 9.90 Å². The van der Waals surface area contributed by atoms with E-state index in [1.165, 1.54) is 5.57 Å². The molecule has 0 bridgehead atoms. The third kappa shape index (κ3) is 1.95. The Balaban J connectivity index is 1.77. The lowest BCUT2D eigenvalue weighted by Gasteiger charge is -2.60. The van der Waals surface area contributed by atoms with Gasteiger partial charge in [-0.25, -0.2) is 0 Å². The van der Waals surface area contributed by atoms with Gasteiger partial charge in [-0.15, -0.1) is 0 Å². The summed E-state index contributed by atoms with van der Waals surface area (Å²) < 4.78 is 0. The Bertz CT molecular complexity index is 617. The Labute approximate surface area is 146 Å². The number of hydrogen-bond acceptors (Lipinski definition) is 2. The molecule has 0 amide bonds. The van der Waals surface area contributed by atoms with Crippen molar-refractivity contribution in [3.63, 3.8) is 0 Å². The summed E-state index contributed by atoms with van der Waals surface area (Å²) in [5, 5.41) is 11.3. The zero-order valence-electron chi connectivity index (χ0n) is 15.6. The molecule has 2 unspecified atom stereocenters. The minimum absolute atomic E-state index is 0.00185. The molecule has 4 aliphatic rings. The first-order valence-electron chi connectivity index (χ1n) is 9.86. The minimum Gasteiger partial charge on any atom is -0.393 e. The van der Waals surface area contributed by atoms with Crippen LogP contribution in [0.5, 0.6) is 0 Å². The zero-order chi connectivity index (χ0) is 17.3. The zero-order valence-corrected chi connectivity index (χ0v) is 15.6. The molecule has 2 saturated carbocycles. The fraction of sp³-hybridized carbons (Fsp3) is 0.773. The van der Waals surface area contributed by atoms with Gasteiger partial charge < -0.3 is 5.11 Å². The van der Waals surface area contributed by atoms with Crippen LogP contribution in [-0.4, -0.2) is 17.0 Å². The van der Waals surface area contributed by atoms with E-state index in [2.05, 4.69) is 39.0 Å². The van der Waals surface area contributed by atoms with Crippen molar-refractivity contribution in [2.45, 2.75) is 65.9 Å². The van der Waals surface area contributed by atoms with Gasteiger partial charge in [-0.3, -0.25) is 4.79 Å². The smallest absolute Gasteiger partial charge is 0.133 e. The maximum atomic E-state index is 12.2. The van der Waals surface area contributed by atoms with Crippen LogP contribution < -0.4 is 0 Å². The maximum Gasteiger partial charge on any atom is 0.133 e. The number of aliphatic hydroxyl groups excluding tert-OH is 1. The molecule has 0 aromatic heterocycles. The van der Waals surface area contributed by atoms with Gasteiger partial charge in [-0.1, -0.05) is 39.0 Å². The molecule has 1 N–H and O–H groups in total. The molecule has 2 fully saturated rings. The predicted molar refractivity (Wildman–Crippen MR) is 96.3 cm³/mol. The fourth-order valence-electron chi connectivity index (χ4n) is 7.38. The van der Waals surface area contributed by atoms with Crippen LogP contribution in [0, 0.1) is 40.4 Å². The van der Waals surface area contributed by atoms with Crippen LogP contribution >= 0.6 is 0 Å². The molecular weight excluding hydrogens is 296 g/mol. The number of ketones is 1. The SMILES string of the molecule is CC(=O)[C@H]1CC[C@H]2[C@@H]3CC=C4C=CCC(C)[C@]4(C)[C@H]3C(O)C[C@]12C. The Hall–Kier alpha value is -0.890. The highest BCUT2D eigenvalue weighted by atomic mass is 16.3. The molecule has 0 saturated heterocycles. The molecule has 0 aliphatic heterocycles. The molecule has 4 aliphatic carbocycles. The normalized spacial score (nSPS) is 53.0. The van der Waals surface area contributed by atoms with E-state index in [-0.39, 0.29) is 22.9 Å². The molecule has 0 aromatic carbocycles. The second kappa shape index (κ2) is 5.30. The Morgan fingerprint density at radius 3 is 2.71 bits per heavy atom. The summed E-state index contributed by atoms with van der Waals surface area (Å²) in [6.07, 6.45) is 12.0. The first-order chi connectivity index (χ1) is 11.3. The monoisotopic (exact) mass is 328 g/mol. The van der Waals surface area contributed by atoms with Crippen molar-refractivity contribution in [2.24, 2.45) is 40.4 Å². The molecule has 8 atom stereocenters. The number of Topliss-reactive ketones (excluding diaryl/α,β-unsaturated/α-hetero) is 1. The van der Waals surface area contributed by atoms with E-state index in [9.17, 15) is 9.90 Å². The number of rotatable bonds is 1. The van der Waals surface area contributed by atoms with Crippen LogP contribution in [0.1, 0.15) is 59.8 Å². The second-order valence-corrected chi connectivity index (χ2v) is 9.53. The first kappa shape index (κ1) is 16.6. The topological polar surface area (TPSA) is 37.3 Å². The summed E-state index contributed by atoms with van der Waals surface area (Å²) in [5.74, 6) is 2.53. The van der Waals surface area contributed by atoms with E-state index in [0.29, 0.717) is 29.5 Å². The lowest BCUT2D eigenvalue weighted by atomic mass is 9.45. The Morgan fingerprint density at radius 2 is 2.00 bits per heavy atom. The standard InChI is InChI=1S/C22H32O2/c1-13-6-5-7-15-8-9-16-18-11-10-17(14(2)23)21(18,3)12-19(24)20(16)22(13,15)4/h5,7-8,13,16-20,24H,6,9-12H2,1-4H3/t13?,16-,17+,18-,19?,20+,21+,22-/m0/s1. The molecule has 24 heavy (non-hydrogen) atoms. The number of fused-ring (bicyclic) bond motifs is 5. The Kier molecular flexibility index (Phi) is 3.66. The molecule has 2 nitrogen and oxygen atoms in total. The summed E-state index contributed by atoms with van der Waals surface area (Å²) in [4.78, 5) is 12.2. The lowest BCUT2D eigenvalue weighted by molar-refractivity contribution is -0.141. The van der Waals surface area contributed by atoms with Crippen LogP contribution in [-0.2, 0) is 4.79 Å². The number of carbonyl (C=O) groups is 1. The highest BCUT2D eigenvalue weighted by Crippen LogP contribution is 2.66. The van der Waals surface area contributed by atoms with Crippen LogP contribution in [0.15, 0.2) is 23.8 Å². The average molecular weight is 328 g/mol. The van der Waals surface area contributed by atoms with Crippen molar-refractivity contribution in [1.82, 2.24) is 0 Å². The quantitative estimate of drug-likeness (QED) is 0.767. The van der Waals surface area contributed by atoms with Gasteiger partial charge in [0.1, 0.15) is 5.78 Å². The van der Waals surface area contributed by atoms with E-state index >= 15 is 0 Å². The molecular formula is C22H32O2. The number of carbonyl (C=O) groups excluding carboxylic acids is 1. The summed E-state index contributed by atoms with van der Waals surface area (Å²) in [7, 11) is 0. The number of hydrogen-bond donors (Lipinski definition) is 1. The third-order valence-electron chi connectivity index (χ3n) is 8.68. The van der Waals surface area contributed by atoms with E-state index in [0.717, 1.165) is 32.1 Å². The second-order valence-electron chi connectivity index (χ2n) is 9.53. The molecule has 0 radical (unpaired) electrons. The number of aliphatic hydroxyl groups is 1. The van der Waals surface area contributed by atoms with Crippen LogP contribution in [0.3, 0.4) is 0 Å². The Morgan fingerprint density at radius 1 is 1.25 bits per heavy atom. The van der Waals surface area contributed by atoms with Crippen LogP contribution in [0.4, 0.5) is 0 Å². The van der Waals surface area contributed by atoms with Crippen LogP contribution in [0.25, 0.3) is 0 Å². The fourth-order valence-corrected chi connectivity index (χ4v) is 7.38. The largest absolute Gasteiger partial charge is 0.393 e. The van der Waals surface area contributed by atoms with Gasteiger partial charge in [-0.2, -0.15) is 0 Å². The summed E-state index contributed by atoms with van der Waals surface area (Å²) in [6.45, 7) is 8.80. The minimum atomic E-state index is -0.279. The van der Waals surface area contributed by atoms with Gasteiger partial charge in [-0.05, 0) is 73.7 Å². The summed E-state index contributed by atoms with van der Waals surface area (Å²) >= 11 is 0. The molecule has 2 heteroatoms. The average Bonchev–Trinajstić information content (AvgIpc) is 2.85. The van der Waals surface area contributed by atoms with Gasteiger partial charge >= 0.3 is 0 Å². The lowest BCUT2D eigenvalue weighted by Crippen LogP contribution is -2.57. The van der Waals surface area contributed by atoms with Crippen molar-refractivity contribution >= 4 is 5.78 Å². The van der Waals surface area contributed by atoms with E-state index < -0.39 is 0 Å². The number of allylic oxidation sites excluding steroid dienone is 4. The van der Waals surface area contributed by atoms with Crippen molar-refractivity contribution in [2.75, 3.05) is 0 Å². The maximum absolute atomic E-state index is 12.2. The van der Waals surface area contributed by atoms with E-state index in [1.54, 1.807) is 6.92 Å². The molecule has 0 aromatic rings. The summed E-state index contributed by atoms with van der Waals surface area (Å²) in [6, 6.07) is 0. The van der Waals surface area contributed by atoms with Gasteiger partial charge in [0.2, 0.25) is 0 Å². The van der Waals surface area contributed by atoms with Gasteiger partial charge in [0.25, 0.3) is 0 Å². The van der Waals surface area contributed by atoms with E-state index in [4.69, 9.17) is 0 Å². The molecule has 0 heterocycles. The molecule has 132 valence electrons. The predicted octanol–water partition coefficient (Wildman–Crippen LogP) is 4.54. The molecule has 0 spiro atoms. The van der Waals surface area contributed by atoms with Crippen molar-refractivity contribution in [3.8, 4) is 0 Å². The first-order valence-corrected chi connectivity index (χ1v) is 9.86. The van der Waals surface area contributed by atoms with Crippen molar-refractivity contribution in [1.29, 1.82) is 0 Å². The van der Waals surface area contributed by atoms with Gasteiger partial charge in [0.15, 0.2) is 0 Å². The van der Waals surface area contributed by atoms with Crippen LogP contribution in [0.2, 0.25) is 0 Å². The van der Waals surface area contributed by atoms with Crippen molar-refractivity contribution in [3.05, 3.63) is 23.8 Å².